The van der Waals surface area contributed by atoms with Gasteiger partial charge in [0, 0.05) is 25.9 Å². The molecule has 3 rings (SSSR count). The number of aromatic nitrogens is 2. The molecule has 1 aliphatic rings. The number of rotatable bonds is 5. The van der Waals surface area contributed by atoms with Gasteiger partial charge in [0.2, 0.25) is 5.89 Å². The Balaban J connectivity index is 1.50. The van der Waals surface area contributed by atoms with Gasteiger partial charge in [0.15, 0.2) is 5.82 Å². The van der Waals surface area contributed by atoms with Crippen molar-refractivity contribution in [2.24, 2.45) is 0 Å². The number of nitrogens with zero attached hydrogens (tertiary/aromatic N) is 2. The van der Waals surface area contributed by atoms with Crippen LogP contribution in [0.5, 0.6) is 5.75 Å². The van der Waals surface area contributed by atoms with Gasteiger partial charge in [-0.25, -0.2) is 0 Å². The highest BCUT2D eigenvalue weighted by Crippen LogP contribution is 2.35. The maximum Gasteiger partial charge on any atom is 0.227 e. The van der Waals surface area contributed by atoms with Gasteiger partial charge in [0.25, 0.3) is 0 Å². The Morgan fingerprint density at radius 2 is 2.19 bits per heavy atom. The molecule has 0 saturated carbocycles. The van der Waals surface area contributed by atoms with E-state index in [2.05, 4.69) is 47.5 Å². The Morgan fingerprint density at radius 1 is 1.33 bits per heavy atom. The summed E-state index contributed by atoms with van der Waals surface area (Å²) in [5, 5.41) is 7.18. The van der Waals surface area contributed by atoms with E-state index in [1.54, 1.807) is 0 Å². The van der Waals surface area contributed by atoms with Crippen molar-refractivity contribution < 1.29 is 9.26 Å². The Labute approximate surface area is 124 Å². The molecule has 0 radical (unpaired) electrons. The Kier molecular flexibility index (Phi) is 3.68. The van der Waals surface area contributed by atoms with Crippen LogP contribution in [0.25, 0.3) is 0 Å². The summed E-state index contributed by atoms with van der Waals surface area (Å²) in [6, 6.07) is 6.42. The maximum atomic E-state index is 5.89. The lowest BCUT2D eigenvalue weighted by molar-refractivity contribution is 0.138. The number of fused-ring (bicyclic) bond motifs is 1. The second kappa shape index (κ2) is 5.48. The Hall–Kier alpha value is -1.88. The molecule has 2 aromatic rings. The van der Waals surface area contributed by atoms with Gasteiger partial charge in [-0.2, -0.15) is 4.98 Å². The first kappa shape index (κ1) is 14.1. The van der Waals surface area contributed by atoms with Gasteiger partial charge in [-0.1, -0.05) is 17.3 Å². The molecule has 1 aromatic carbocycles. The lowest BCUT2D eigenvalue weighted by Gasteiger charge is -2.16. The van der Waals surface area contributed by atoms with Crippen LogP contribution in [0.15, 0.2) is 22.7 Å². The molecule has 2 heterocycles. The van der Waals surface area contributed by atoms with E-state index in [0.29, 0.717) is 11.7 Å². The van der Waals surface area contributed by atoms with Crippen molar-refractivity contribution in [3.05, 3.63) is 41.0 Å². The zero-order chi connectivity index (χ0) is 14.9. The molecule has 112 valence electrons. The molecule has 21 heavy (non-hydrogen) atoms. The summed E-state index contributed by atoms with van der Waals surface area (Å²) in [6.07, 6.45) is 1.72. The monoisotopic (exact) mass is 287 g/mol. The largest absolute Gasteiger partial charge is 0.487 e. The fourth-order valence-electron chi connectivity index (χ4n) is 2.64. The third kappa shape index (κ3) is 3.42. The first-order valence-electron chi connectivity index (χ1n) is 7.33. The fraction of sp³-hybridized carbons (Fsp3) is 0.500. The smallest absolute Gasteiger partial charge is 0.227 e. The number of hydrogen-bond donors (Lipinski definition) is 1. The van der Waals surface area contributed by atoms with E-state index in [4.69, 9.17) is 9.26 Å². The molecule has 1 aromatic heterocycles. The van der Waals surface area contributed by atoms with Gasteiger partial charge in [-0.3, -0.25) is 0 Å². The van der Waals surface area contributed by atoms with Gasteiger partial charge in [-0.05, 0) is 38.0 Å². The number of hydrogen-bond acceptors (Lipinski definition) is 5. The summed E-state index contributed by atoms with van der Waals surface area (Å²) < 4.78 is 11.0. The molecule has 5 nitrogen and oxygen atoms in total. The number of benzene rings is 1. The van der Waals surface area contributed by atoms with Gasteiger partial charge >= 0.3 is 0 Å². The Bertz CT molecular complexity index is 634. The molecule has 0 spiro atoms. The van der Waals surface area contributed by atoms with Crippen LogP contribution in [0, 0.1) is 6.92 Å². The van der Waals surface area contributed by atoms with E-state index < -0.39 is 0 Å². The second-order valence-electron chi connectivity index (χ2n) is 6.14. The zero-order valence-electron chi connectivity index (χ0n) is 12.8. The second-order valence-corrected chi connectivity index (χ2v) is 6.14. The minimum absolute atomic E-state index is 0.0792. The summed E-state index contributed by atoms with van der Waals surface area (Å²) in [5.41, 5.74) is 2.49. The van der Waals surface area contributed by atoms with Crippen LogP contribution in [0.2, 0.25) is 0 Å². The van der Waals surface area contributed by atoms with Gasteiger partial charge < -0.3 is 14.6 Å². The van der Waals surface area contributed by atoms with Crippen LogP contribution in [0.4, 0.5) is 0 Å². The molecular formula is C16H21N3O2. The molecule has 0 saturated heterocycles. The average molecular weight is 287 g/mol. The number of aryl methyl sites for hydroxylation is 1. The third-order valence-corrected chi connectivity index (χ3v) is 3.54. The fourth-order valence-corrected chi connectivity index (χ4v) is 2.64. The van der Waals surface area contributed by atoms with Crippen molar-refractivity contribution in [3.8, 4) is 5.75 Å². The molecule has 0 fully saturated rings. The quantitative estimate of drug-likeness (QED) is 0.856. The van der Waals surface area contributed by atoms with Gasteiger partial charge in [0.1, 0.15) is 11.4 Å². The van der Waals surface area contributed by atoms with Gasteiger partial charge in [-0.15, -0.1) is 0 Å². The molecule has 0 bridgehead atoms. The Morgan fingerprint density at radius 3 is 2.95 bits per heavy atom. The topological polar surface area (TPSA) is 60.2 Å². The van der Waals surface area contributed by atoms with Crippen LogP contribution in [0.3, 0.4) is 0 Å². The van der Waals surface area contributed by atoms with Crippen LogP contribution in [0.1, 0.15) is 36.7 Å². The van der Waals surface area contributed by atoms with Crippen molar-refractivity contribution in [2.45, 2.75) is 45.8 Å². The minimum atomic E-state index is -0.0792. The predicted octanol–water partition coefficient (Wildman–Crippen LogP) is 2.42. The van der Waals surface area contributed by atoms with E-state index in [1.165, 1.54) is 11.1 Å². The maximum absolute atomic E-state index is 5.89. The van der Waals surface area contributed by atoms with Crippen molar-refractivity contribution in [2.75, 3.05) is 6.54 Å². The molecular weight excluding hydrogens is 266 g/mol. The standard InChI is InChI=1S/C16H21N3O2/c1-11-18-15(21-19-11)6-7-17-10-12-4-5-14-13(8-12)9-16(2,3)20-14/h4-5,8,17H,6-7,9-10H2,1-3H3. The molecule has 1 aliphatic heterocycles. The summed E-state index contributed by atoms with van der Waals surface area (Å²) >= 11 is 0. The molecule has 5 heteroatoms. The van der Waals surface area contributed by atoms with Crippen LogP contribution >= 0.6 is 0 Å². The van der Waals surface area contributed by atoms with Crippen molar-refractivity contribution in [3.63, 3.8) is 0 Å². The van der Waals surface area contributed by atoms with Crippen molar-refractivity contribution in [1.82, 2.24) is 15.5 Å². The van der Waals surface area contributed by atoms with E-state index in [9.17, 15) is 0 Å². The SMILES string of the molecule is Cc1noc(CCNCc2ccc3c(c2)CC(C)(C)O3)n1. The predicted molar refractivity (Wildman–Crippen MR) is 79.3 cm³/mol. The molecule has 0 aliphatic carbocycles. The van der Waals surface area contributed by atoms with Crippen LogP contribution < -0.4 is 10.1 Å². The summed E-state index contributed by atoms with van der Waals surface area (Å²) in [7, 11) is 0. The molecule has 0 atom stereocenters. The van der Waals surface area contributed by atoms with E-state index in [-0.39, 0.29) is 5.60 Å². The van der Waals surface area contributed by atoms with Crippen molar-refractivity contribution >= 4 is 0 Å². The van der Waals surface area contributed by atoms with E-state index >= 15 is 0 Å². The number of ether oxygens (including phenoxy) is 1. The zero-order valence-corrected chi connectivity index (χ0v) is 12.8. The van der Waals surface area contributed by atoms with Crippen molar-refractivity contribution in [1.29, 1.82) is 0 Å². The van der Waals surface area contributed by atoms with E-state index in [1.807, 2.05) is 6.92 Å². The number of nitrogens with one attached hydrogen (secondary N) is 1. The minimum Gasteiger partial charge on any atom is -0.487 e. The van der Waals surface area contributed by atoms with Crippen LogP contribution in [-0.4, -0.2) is 22.3 Å². The molecule has 0 unspecified atom stereocenters. The third-order valence-electron chi connectivity index (χ3n) is 3.54. The normalized spacial score (nSPS) is 15.8. The van der Waals surface area contributed by atoms with Gasteiger partial charge in [0.05, 0.1) is 0 Å². The first-order chi connectivity index (χ1) is 10.0. The summed E-state index contributed by atoms with van der Waals surface area (Å²) in [4.78, 5) is 4.18. The summed E-state index contributed by atoms with van der Waals surface area (Å²) in [5.74, 6) is 2.39. The highest BCUT2D eigenvalue weighted by Gasteiger charge is 2.29. The molecule has 1 N–H and O–H groups in total. The lowest BCUT2D eigenvalue weighted by Crippen LogP contribution is -2.24. The first-order valence-corrected chi connectivity index (χ1v) is 7.33. The highest BCUT2D eigenvalue weighted by atomic mass is 16.5. The molecule has 0 amide bonds. The van der Waals surface area contributed by atoms with E-state index in [0.717, 1.165) is 31.7 Å². The lowest BCUT2D eigenvalue weighted by atomic mass is 10.0. The summed E-state index contributed by atoms with van der Waals surface area (Å²) in [6.45, 7) is 7.73. The highest BCUT2D eigenvalue weighted by molar-refractivity contribution is 5.41. The average Bonchev–Trinajstić information content (AvgIpc) is 2.95. The van der Waals surface area contributed by atoms with Crippen LogP contribution in [-0.2, 0) is 19.4 Å².